The van der Waals surface area contributed by atoms with Crippen molar-refractivity contribution in [3.05, 3.63) is 66.1 Å². The van der Waals surface area contributed by atoms with Crippen LogP contribution in [0.25, 0.3) is 11.3 Å². The number of aromatic nitrogens is 2. The van der Waals surface area contributed by atoms with Gasteiger partial charge in [-0.1, -0.05) is 29.8 Å². The Bertz CT molecular complexity index is 1240. The Hall–Kier alpha value is -3.88. The van der Waals surface area contributed by atoms with Gasteiger partial charge < -0.3 is 15.0 Å². The number of halogens is 1. The zero-order valence-corrected chi connectivity index (χ0v) is 19.8. The molecule has 0 spiro atoms. The lowest BCUT2D eigenvalue weighted by Gasteiger charge is -2.21. The smallest absolute Gasteiger partial charge is 0.414 e. The number of hydrogen-bond acceptors (Lipinski definition) is 5. The molecule has 0 bridgehead atoms. The molecular formula is C26H28FN5O3. The number of amides is 2. The standard InChI is InChI=1S/C26H28FN5O3/c1-17-3-5-19(6-4-17)24-10-12-32(29-24)21-9-11-30(15-21)25-8-7-20(13-23(25)27)31-16-22(35-26(31)34)14-28-18(2)33/h3-8,10,12-13,21-22H,9,11,14-16H2,1-2H3,(H,28,33)/t21?,22-/m0/s1. The molecule has 3 aromatic rings. The summed E-state index contributed by atoms with van der Waals surface area (Å²) in [4.78, 5) is 26.8. The van der Waals surface area contributed by atoms with Gasteiger partial charge in [-0.2, -0.15) is 5.10 Å². The highest BCUT2D eigenvalue weighted by Crippen LogP contribution is 2.32. The molecule has 0 saturated carbocycles. The van der Waals surface area contributed by atoms with Crippen LogP contribution in [0, 0.1) is 12.7 Å². The number of carbonyl (C=O) groups is 2. The van der Waals surface area contributed by atoms with Gasteiger partial charge in [-0.3, -0.25) is 14.4 Å². The van der Waals surface area contributed by atoms with Crippen LogP contribution in [0.3, 0.4) is 0 Å². The third kappa shape index (κ3) is 4.84. The van der Waals surface area contributed by atoms with Crippen molar-refractivity contribution in [2.75, 3.05) is 36.0 Å². The number of cyclic esters (lactones) is 1. The van der Waals surface area contributed by atoms with Crippen molar-refractivity contribution in [1.29, 1.82) is 0 Å². The fourth-order valence-corrected chi connectivity index (χ4v) is 4.61. The molecule has 1 N–H and O–H groups in total. The number of carbonyl (C=O) groups excluding carboxylic acids is 2. The van der Waals surface area contributed by atoms with Crippen LogP contribution in [-0.2, 0) is 9.53 Å². The highest BCUT2D eigenvalue weighted by molar-refractivity contribution is 5.90. The third-order valence-corrected chi connectivity index (χ3v) is 6.53. The minimum atomic E-state index is -0.545. The zero-order valence-electron chi connectivity index (χ0n) is 19.8. The Morgan fingerprint density at radius 2 is 1.97 bits per heavy atom. The molecule has 2 amide bonds. The van der Waals surface area contributed by atoms with Crippen molar-refractivity contribution >= 4 is 23.4 Å². The molecule has 182 valence electrons. The zero-order chi connectivity index (χ0) is 24.5. The van der Waals surface area contributed by atoms with E-state index in [4.69, 9.17) is 9.84 Å². The summed E-state index contributed by atoms with van der Waals surface area (Å²) in [6.45, 7) is 5.31. The van der Waals surface area contributed by atoms with Crippen molar-refractivity contribution in [2.24, 2.45) is 0 Å². The minimum absolute atomic E-state index is 0.149. The quantitative estimate of drug-likeness (QED) is 0.582. The Morgan fingerprint density at radius 1 is 1.17 bits per heavy atom. The van der Waals surface area contributed by atoms with Crippen LogP contribution < -0.4 is 15.1 Å². The number of benzene rings is 2. The lowest BCUT2D eigenvalue weighted by Crippen LogP contribution is -2.33. The first-order valence-electron chi connectivity index (χ1n) is 11.8. The van der Waals surface area contributed by atoms with Crippen molar-refractivity contribution < 1.29 is 18.7 Å². The second-order valence-corrected chi connectivity index (χ2v) is 9.12. The highest BCUT2D eigenvalue weighted by Gasteiger charge is 2.33. The molecule has 1 aromatic heterocycles. The summed E-state index contributed by atoms with van der Waals surface area (Å²) >= 11 is 0. The first kappa shape index (κ1) is 22.9. The van der Waals surface area contributed by atoms with Crippen LogP contribution in [0.4, 0.5) is 20.6 Å². The topological polar surface area (TPSA) is 79.7 Å². The van der Waals surface area contributed by atoms with E-state index in [0.717, 1.165) is 17.7 Å². The van der Waals surface area contributed by atoms with E-state index in [1.54, 1.807) is 12.1 Å². The number of aryl methyl sites for hydroxylation is 1. The van der Waals surface area contributed by atoms with Gasteiger partial charge in [0.15, 0.2) is 0 Å². The van der Waals surface area contributed by atoms with Crippen LogP contribution >= 0.6 is 0 Å². The summed E-state index contributed by atoms with van der Waals surface area (Å²) in [5, 5.41) is 7.40. The normalized spacial score (nSPS) is 19.8. The Labute approximate surface area is 203 Å². The summed E-state index contributed by atoms with van der Waals surface area (Å²) in [6, 6.07) is 15.3. The molecule has 2 fully saturated rings. The fourth-order valence-electron chi connectivity index (χ4n) is 4.61. The van der Waals surface area contributed by atoms with E-state index < -0.39 is 12.2 Å². The van der Waals surface area contributed by atoms with Crippen molar-refractivity contribution in [3.63, 3.8) is 0 Å². The summed E-state index contributed by atoms with van der Waals surface area (Å²) in [7, 11) is 0. The van der Waals surface area contributed by atoms with E-state index in [2.05, 4.69) is 36.5 Å². The summed E-state index contributed by atoms with van der Waals surface area (Å²) in [5.41, 5.74) is 4.15. The highest BCUT2D eigenvalue weighted by atomic mass is 19.1. The molecule has 0 aliphatic carbocycles. The fraction of sp³-hybridized carbons (Fsp3) is 0.346. The molecule has 2 aliphatic rings. The molecule has 1 unspecified atom stereocenters. The average molecular weight is 478 g/mol. The Kier molecular flexibility index (Phi) is 6.15. The molecule has 2 saturated heterocycles. The molecule has 35 heavy (non-hydrogen) atoms. The molecule has 2 aromatic carbocycles. The maximum absolute atomic E-state index is 15.1. The van der Waals surface area contributed by atoms with Gasteiger partial charge in [-0.25, -0.2) is 9.18 Å². The number of hydrogen-bond donors (Lipinski definition) is 1. The largest absolute Gasteiger partial charge is 0.442 e. The lowest BCUT2D eigenvalue weighted by molar-refractivity contribution is -0.119. The van der Waals surface area contributed by atoms with E-state index in [1.165, 1.54) is 23.5 Å². The van der Waals surface area contributed by atoms with E-state index in [0.29, 0.717) is 24.5 Å². The van der Waals surface area contributed by atoms with Gasteiger partial charge in [0.25, 0.3) is 0 Å². The van der Waals surface area contributed by atoms with E-state index in [9.17, 15) is 9.59 Å². The third-order valence-electron chi connectivity index (χ3n) is 6.53. The molecule has 0 radical (unpaired) electrons. The lowest BCUT2D eigenvalue weighted by atomic mass is 10.1. The van der Waals surface area contributed by atoms with Crippen LogP contribution in [0.15, 0.2) is 54.7 Å². The summed E-state index contributed by atoms with van der Waals surface area (Å²) < 4.78 is 22.4. The van der Waals surface area contributed by atoms with Gasteiger partial charge in [-0.05, 0) is 37.6 Å². The molecular weight excluding hydrogens is 449 g/mol. The minimum Gasteiger partial charge on any atom is -0.442 e. The van der Waals surface area contributed by atoms with Gasteiger partial charge in [0.2, 0.25) is 5.91 Å². The predicted molar refractivity (Wildman–Crippen MR) is 131 cm³/mol. The molecule has 8 nitrogen and oxygen atoms in total. The number of ether oxygens (including phenoxy) is 1. The number of anilines is 2. The molecule has 5 rings (SSSR count). The van der Waals surface area contributed by atoms with Crippen LogP contribution in [0.1, 0.15) is 24.9 Å². The molecule has 9 heteroatoms. The Morgan fingerprint density at radius 3 is 2.71 bits per heavy atom. The molecule has 2 atom stereocenters. The SMILES string of the molecule is CC(=O)NC[C@H]1CN(c2ccc(N3CCC(n4ccc(-c5ccc(C)cc5)n4)C3)c(F)c2)C(=O)O1. The van der Waals surface area contributed by atoms with Crippen molar-refractivity contribution in [2.45, 2.75) is 32.4 Å². The van der Waals surface area contributed by atoms with Gasteiger partial charge >= 0.3 is 6.09 Å². The van der Waals surface area contributed by atoms with E-state index >= 15 is 4.39 Å². The Balaban J connectivity index is 1.24. The van der Waals surface area contributed by atoms with Gasteiger partial charge in [0.1, 0.15) is 11.9 Å². The van der Waals surface area contributed by atoms with E-state index in [-0.39, 0.29) is 30.9 Å². The molecule has 3 heterocycles. The summed E-state index contributed by atoms with van der Waals surface area (Å²) in [6.07, 6.45) is 1.84. The maximum atomic E-state index is 15.1. The average Bonchev–Trinajstić information content (AvgIpc) is 3.58. The first-order chi connectivity index (χ1) is 16.9. The number of rotatable bonds is 6. The van der Waals surface area contributed by atoms with Gasteiger partial charge in [0, 0.05) is 31.8 Å². The van der Waals surface area contributed by atoms with Crippen molar-refractivity contribution in [3.8, 4) is 11.3 Å². The van der Waals surface area contributed by atoms with Crippen LogP contribution in [0.5, 0.6) is 0 Å². The number of nitrogens with one attached hydrogen (secondary N) is 1. The van der Waals surface area contributed by atoms with E-state index in [1.807, 2.05) is 21.8 Å². The van der Waals surface area contributed by atoms with Crippen LogP contribution in [0.2, 0.25) is 0 Å². The molecule has 2 aliphatic heterocycles. The summed E-state index contributed by atoms with van der Waals surface area (Å²) in [5.74, 6) is -0.581. The number of nitrogens with zero attached hydrogens (tertiary/aromatic N) is 4. The maximum Gasteiger partial charge on any atom is 0.414 e. The first-order valence-corrected chi connectivity index (χ1v) is 11.8. The second kappa shape index (κ2) is 9.40. The van der Waals surface area contributed by atoms with Crippen LogP contribution in [-0.4, -0.2) is 54.1 Å². The van der Waals surface area contributed by atoms with Crippen molar-refractivity contribution in [1.82, 2.24) is 15.1 Å². The van der Waals surface area contributed by atoms with Gasteiger partial charge in [-0.15, -0.1) is 0 Å². The predicted octanol–water partition coefficient (Wildman–Crippen LogP) is 3.91. The monoisotopic (exact) mass is 477 g/mol. The van der Waals surface area contributed by atoms with Gasteiger partial charge in [0.05, 0.1) is 36.2 Å². The second-order valence-electron chi connectivity index (χ2n) is 9.12.